The molecule has 4 rings (SSSR count). The van der Waals surface area contributed by atoms with E-state index in [4.69, 9.17) is 0 Å². The minimum atomic E-state index is -0.336. The van der Waals surface area contributed by atoms with Crippen LogP contribution in [0.5, 0.6) is 0 Å². The molecule has 0 bridgehead atoms. The summed E-state index contributed by atoms with van der Waals surface area (Å²) < 4.78 is 15.3. The second kappa shape index (κ2) is 4.56. The summed E-state index contributed by atoms with van der Waals surface area (Å²) >= 11 is 0. The molecular formula is C16H12FN5. The van der Waals surface area contributed by atoms with E-state index in [1.165, 1.54) is 12.1 Å². The fourth-order valence-electron chi connectivity index (χ4n) is 2.63. The van der Waals surface area contributed by atoms with Gasteiger partial charge in [0.2, 0.25) is 0 Å². The van der Waals surface area contributed by atoms with Gasteiger partial charge in [-0.3, -0.25) is 9.38 Å². The first kappa shape index (κ1) is 12.8. The molecule has 0 saturated carbocycles. The van der Waals surface area contributed by atoms with Crippen molar-refractivity contribution in [1.82, 2.24) is 24.6 Å². The Balaban J connectivity index is 2.18. The quantitative estimate of drug-likeness (QED) is 0.541. The molecule has 0 aliphatic heterocycles. The number of nitrogens with zero attached hydrogens (tertiary/aromatic N) is 5. The third-order valence-corrected chi connectivity index (χ3v) is 3.70. The molecule has 3 heterocycles. The average molecular weight is 293 g/mol. The number of aryl methyl sites for hydroxylation is 2. The van der Waals surface area contributed by atoms with E-state index in [0.29, 0.717) is 11.2 Å². The summed E-state index contributed by atoms with van der Waals surface area (Å²) in [6.45, 7) is 3.82. The Morgan fingerprint density at radius 1 is 1.05 bits per heavy atom. The van der Waals surface area contributed by atoms with Crippen LogP contribution in [0.15, 0.2) is 36.5 Å². The SMILES string of the molecule is Cc1ncccc1-c1nc(C)c2nnc3cc(F)ccc3n12. The molecule has 0 aliphatic rings. The van der Waals surface area contributed by atoms with Gasteiger partial charge in [-0.2, -0.15) is 0 Å². The summed E-state index contributed by atoms with van der Waals surface area (Å²) in [5.41, 5.74) is 4.50. The van der Waals surface area contributed by atoms with Crippen molar-refractivity contribution >= 4 is 16.7 Å². The van der Waals surface area contributed by atoms with Crippen molar-refractivity contribution in [2.45, 2.75) is 13.8 Å². The Hall–Kier alpha value is -2.89. The van der Waals surface area contributed by atoms with Gasteiger partial charge < -0.3 is 0 Å². The third kappa shape index (κ3) is 1.77. The zero-order valence-corrected chi connectivity index (χ0v) is 12.1. The standard InChI is InChI=1S/C16H12FN5/c1-9-12(4-3-7-18-9)16-19-10(2)15-21-20-13-8-11(17)5-6-14(13)22(15)16/h3-8H,1-2H3. The van der Waals surface area contributed by atoms with Crippen LogP contribution in [-0.4, -0.2) is 24.6 Å². The van der Waals surface area contributed by atoms with E-state index in [2.05, 4.69) is 20.2 Å². The number of hydrogen-bond acceptors (Lipinski definition) is 4. The third-order valence-electron chi connectivity index (χ3n) is 3.70. The molecule has 5 nitrogen and oxygen atoms in total. The summed E-state index contributed by atoms with van der Waals surface area (Å²) in [6, 6.07) is 8.32. The summed E-state index contributed by atoms with van der Waals surface area (Å²) in [5.74, 6) is 0.404. The molecule has 0 atom stereocenters. The highest BCUT2D eigenvalue weighted by Gasteiger charge is 2.16. The molecule has 1 aromatic carbocycles. The smallest absolute Gasteiger partial charge is 0.183 e. The molecular weight excluding hydrogens is 281 g/mol. The van der Waals surface area contributed by atoms with E-state index >= 15 is 0 Å². The maximum absolute atomic E-state index is 13.4. The zero-order chi connectivity index (χ0) is 15.3. The normalized spacial score (nSPS) is 11.4. The molecule has 0 amide bonds. The number of rotatable bonds is 1. The van der Waals surface area contributed by atoms with Gasteiger partial charge in [-0.25, -0.2) is 9.37 Å². The zero-order valence-electron chi connectivity index (χ0n) is 12.1. The molecule has 0 fully saturated rings. The Kier molecular flexibility index (Phi) is 2.66. The minimum absolute atomic E-state index is 0.336. The van der Waals surface area contributed by atoms with Crippen molar-refractivity contribution in [3.05, 3.63) is 53.7 Å². The number of hydrogen-bond donors (Lipinski definition) is 0. The number of benzene rings is 1. The summed E-state index contributed by atoms with van der Waals surface area (Å²) in [6.07, 6.45) is 1.74. The van der Waals surface area contributed by atoms with Crippen LogP contribution in [-0.2, 0) is 0 Å². The highest BCUT2D eigenvalue weighted by atomic mass is 19.1. The molecule has 0 aliphatic carbocycles. The highest BCUT2D eigenvalue weighted by Crippen LogP contribution is 2.26. The van der Waals surface area contributed by atoms with E-state index in [1.807, 2.05) is 30.4 Å². The van der Waals surface area contributed by atoms with Crippen LogP contribution in [0.25, 0.3) is 28.1 Å². The van der Waals surface area contributed by atoms with Gasteiger partial charge in [-0.1, -0.05) is 0 Å². The van der Waals surface area contributed by atoms with Crippen LogP contribution < -0.4 is 0 Å². The fourth-order valence-corrected chi connectivity index (χ4v) is 2.63. The molecule has 0 spiro atoms. The molecule has 3 aromatic heterocycles. The maximum Gasteiger partial charge on any atom is 0.183 e. The second-order valence-electron chi connectivity index (χ2n) is 5.15. The van der Waals surface area contributed by atoms with Crippen molar-refractivity contribution in [3.63, 3.8) is 0 Å². The molecule has 0 N–H and O–H groups in total. The molecule has 4 aromatic rings. The predicted octanol–water partition coefficient (Wildman–Crippen LogP) is 3.10. The fraction of sp³-hybridized carbons (Fsp3) is 0.125. The van der Waals surface area contributed by atoms with Crippen LogP contribution >= 0.6 is 0 Å². The van der Waals surface area contributed by atoms with Gasteiger partial charge in [0.1, 0.15) is 17.2 Å². The van der Waals surface area contributed by atoms with Crippen molar-refractivity contribution < 1.29 is 4.39 Å². The topological polar surface area (TPSA) is 56.0 Å². The van der Waals surface area contributed by atoms with Gasteiger partial charge in [-0.15, -0.1) is 10.2 Å². The number of imidazole rings is 1. The lowest BCUT2D eigenvalue weighted by Crippen LogP contribution is -1.99. The lowest BCUT2D eigenvalue weighted by atomic mass is 10.2. The van der Waals surface area contributed by atoms with Crippen LogP contribution in [0, 0.1) is 19.7 Å². The number of pyridine rings is 1. The Morgan fingerprint density at radius 3 is 2.73 bits per heavy atom. The second-order valence-corrected chi connectivity index (χ2v) is 5.15. The minimum Gasteiger partial charge on any atom is -0.273 e. The number of aromatic nitrogens is 5. The van der Waals surface area contributed by atoms with Crippen LogP contribution in [0.1, 0.15) is 11.4 Å². The van der Waals surface area contributed by atoms with Gasteiger partial charge in [0, 0.05) is 23.5 Å². The monoisotopic (exact) mass is 293 g/mol. The number of fused-ring (bicyclic) bond motifs is 3. The van der Waals surface area contributed by atoms with Crippen molar-refractivity contribution in [3.8, 4) is 11.4 Å². The first-order valence-electron chi connectivity index (χ1n) is 6.88. The van der Waals surface area contributed by atoms with Crippen molar-refractivity contribution in [2.24, 2.45) is 0 Å². The van der Waals surface area contributed by atoms with Gasteiger partial charge >= 0.3 is 0 Å². The molecule has 6 heteroatoms. The Morgan fingerprint density at radius 2 is 1.91 bits per heavy atom. The molecule has 0 radical (unpaired) electrons. The molecule has 0 saturated heterocycles. The summed E-state index contributed by atoms with van der Waals surface area (Å²) in [7, 11) is 0. The average Bonchev–Trinajstić information content (AvgIpc) is 2.84. The Labute approximate surface area is 125 Å². The molecule has 108 valence electrons. The predicted molar refractivity (Wildman–Crippen MR) is 81.0 cm³/mol. The highest BCUT2D eigenvalue weighted by molar-refractivity contribution is 5.80. The van der Waals surface area contributed by atoms with Crippen LogP contribution in [0.3, 0.4) is 0 Å². The van der Waals surface area contributed by atoms with E-state index < -0.39 is 0 Å². The van der Waals surface area contributed by atoms with Crippen molar-refractivity contribution in [2.75, 3.05) is 0 Å². The molecule has 22 heavy (non-hydrogen) atoms. The summed E-state index contributed by atoms with van der Waals surface area (Å²) in [5, 5.41) is 8.28. The van der Waals surface area contributed by atoms with Gasteiger partial charge in [-0.05, 0) is 38.1 Å². The first-order chi connectivity index (χ1) is 10.6. The Bertz CT molecular complexity index is 1020. The van der Waals surface area contributed by atoms with Gasteiger partial charge in [0.05, 0.1) is 11.2 Å². The lowest BCUT2D eigenvalue weighted by Gasteiger charge is -2.06. The van der Waals surface area contributed by atoms with E-state index in [1.54, 1.807) is 12.3 Å². The van der Waals surface area contributed by atoms with Gasteiger partial charge in [0.15, 0.2) is 5.65 Å². The van der Waals surface area contributed by atoms with E-state index in [-0.39, 0.29) is 5.82 Å². The summed E-state index contributed by atoms with van der Waals surface area (Å²) in [4.78, 5) is 8.94. The van der Waals surface area contributed by atoms with Gasteiger partial charge in [0.25, 0.3) is 0 Å². The van der Waals surface area contributed by atoms with Crippen LogP contribution in [0.4, 0.5) is 4.39 Å². The first-order valence-corrected chi connectivity index (χ1v) is 6.88. The lowest BCUT2D eigenvalue weighted by molar-refractivity contribution is 0.629. The molecule has 0 unspecified atom stereocenters. The largest absolute Gasteiger partial charge is 0.273 e. The van der Waals surface area contributed by atoms with E-state index in [0.717, 1.165) is 28.3 Å². The van der Waals surface area contributed by atoms with Crippen LogP contribution in [0.2, 0.25) is 0 Å². The van der Waals surface area contributed by atoms with E-state index in [9.17, 15) is 4.39 Å². The maximum atomic E-state index is 13.4. The number of halogens is 1. The van der Waals surface area contributed by atoms with Crippen molar-refractivity contribution in [1.29, 1.82) is 0 Å².